The summed E-state index contributed by atoms with van der Waals surface area (Å²) in [6, 6.07) is 23.9. The van der Waals surface area contributed by atoms with Gasteiger partial charge in [0.25, 0.3) is 0 Å². The molecule has 0 aliphatic carbocycles. The number of furan rings is 2. The predicted molar refractivity (Wildman–Crippen MR) is 154 cm³/mol. The molecule has 3 heterocycles. The van der Waals surface area contributed by atoms with E-state index in [0.29, 0.717) is 5.92 Å². The first-order valence-corrected chi connectivity index (χ1v) is 13.1. The van der Waals surface area contributed by atoms with Crippen molar-refractivity contribution >= 4 is 32.8 Å². The molecule has 0 amide bonds. The van der Waals surface area contributed by atoms with Gasteiger partial charge in [0.2, 0.25) is 0 Å². The van der Waals surface area contributed by atoms with E-state index in [1.54, 1.807) is 6.26 Å². The summed E-state index contributed by atoms with van der Waals surface area (Å²) in [7, 11) is 0. The molecule has 186 valence electrons. The average molecular weight is 488 g/mol. The first-order valence-electron chi connectivity index (χ1n) is 13.1. The van der Waals surface area contributed by atoms with Gasteiger partial charge in [-0.25, -0.2) is 4.98 Å². The second-order valence-electron chi connectivity index (χ2n) is 11.7. The largest absolute Gasteiger partial charge is 0.464 e. The summed E-state index contributed by atoms with van der Waals surface area (Å²) in [4.78, 5) is 5.09. The Labute approximate surface area is 218 Å². The second kappa shape index (κ2) is 8.62. The van der Waals surface area contributed by atoms with Crippen LogP contribution in [0, 0.1) is 12.8 Å². The number of fused-ring (bicyclic) bond motifs is 3. The molecule has 0 bridgehead atoms. The van der Waals surface area contributed by atoms with Crippen LogP contribution in [0.3, 0.4) is 0 Å². The summed E-state index contributed by atoms with van der Waals surface area (Å²) in [5.74, 6) is 1.41. The highest BCUT2D eigenvalue weighted by molar-refractivity contribution is 6.03. The lowest BCUT2D eigenvalue weighted by Crippen LogP contribution is -2.12. The Morgan fingerprint density at radius 3 is 2.43 bits per heavy atom. The molecule has 3 nitrogen and oxygen atoms in total. The highest BCUT2D eigenvalue weighted by atomic mass is 16.3. The third-order valence-corrected chi connectivity index (χ3v) is 7.18. The molecular formula is C34H33NO2. The van der Waals surface area contributed by atoms with E-state index < -0.39 is 0 Å². The molecule has 0 saturated carbocycles. The van der Waals surface area contributed by atoms with Gasteiger partial charge >= 0.3 is 0 Å². The smallest absolute Gasteiger partial charge is 0.160 e. The van der Waals surface area contributed by atoms with Gasteiger partial charge in [-0.15, -0.1) is 0 Å². The summed E-state index contributed by atoms with van der Waals surface area (Å²) in [5, 5.41) is 3.63. The Kier molecular flexibility index (Phi) is 5.49. The lowest BCUT2D eigenvalue weighted by molar-refractivity contribution is 0.579. The van der Waals surface area contributed by atoms with Gasteiger partial charge in [0, 0.05) is 22.6 Å². The number of hydrogen-bond donors (Lipinski definition) is 0. The van der Waals surface area contributed by atoms with Gasteiger partial charge in [0.1, 0.15) is 16.9 Å². The van der Waals surface area contributed by atoms with Crippen molar-refractivity contribution in [1.82, 2.24) is 4.98 Å². The van der Waals surface area contributed by atoms with Crippen molar-refractivity contribution in [3.63, 3.8) is 0 Å². The van der Waals surface area contributed by atoms with Gasteiger partial charge in [-0.3, -0.25) is 0 Å². The maximum Gasteiger partial charge on any atom is 0.160 e. The summed E-state index contributed by atoms with van der Waals surface area (Å²) in [6.07, 6.45) is 2.78. The van der Waals surface area contributed by atoms with Gasteiger partial charge in [-0.05, 0) is 76.4 Å². The van der Waals surface area contributed by atoms with Crippen LogP contribution >= 0.6 is 0 Å². The molecule has 0 spiro atoms. The minimum atomic E-state index is 0.00394. The number of hydrogen-bond acceptors (Lipinski definition) is 3. The van der Waals surface area contributed by atoms with E-state index >= 15 is 0 Å². The van der Waals surface area contributed by atoms with Gasteiger partial charge in [-0.1, -0.05) is 71.0 Å². The third-order valence-electron chi connectivity index (χ3n) is 7.18. The fourth-order valence-corrected chi connectivity index (χ4v) is 5.52. The average Bonchev–Trinajstić information content (AvgIpc) is 3.48. The summed E-state index contributed by atoms with van der Waals surface area (Å²) in [6.45, 7) is 13.3. The Morgan fingerprint density at radius 1 is 0.838 bits per heavy atom. The Morgan fingerprint density at radius 2 is 1.65 bits per heavy atom. The molecular weight excluding hydrogens is 454 g/mol. The zero-order valence-corrected chi connectivity index (χ0v) is 22.5. The quantitative estimate of drug-likeness (QED) is 0.248. The van der Waals surface area contributed by atoms with E-state index in [1.807, 2.05) is 13.0 Å². The number of pyridine rings is 1. The molecule has 0 saturated heterocycles. The van der Waals surface area contributed by atoms with Gasteiger partial charge in [0.15, 0.2) is 5.58 Å². The van der Waals surface area contributed by atoms with E-state index in [9.17, 15) is 0 Å². The highest BCUT2D eigenvalue weighted by Gasteiger charge is 2.21. The molecule has 0 unspecified atom stereocenters. The SMILES string of the molecule is Cc1cc2nc(-c3cc(C(C)(C)C)c4ccccc4c3)cc(-c3ccc(CC(C)C)c4occc34)c2o1. The highest BCUT2D eigenvalue weighted by Crippen LogP contribution is 2.40. The minimum Gasteiger partial charge on any atom is -0.464 e. The van der Waals surface area contributed by atoms with Crippen molar-refractivity contribution in [1.29, 1.82) is 0 Å². The van der Waals surface area contributed by atoms with Gasteiger partial charge < -0.3 is 8.83 Å². The predicted octanol–water partition coefficient (Wildman–Crippen LogP) is 9.87. The molecule has 0 aliphatic rings. The molecule has 0 atom stereocenters. The number of aromatic nitrogens is 1. The fourth-order valence-electron chi connectivity index (χ4n) is 5.52. The lowest BCUT2D eigenvalue weighted by Gasteiger charge is -2.23. The molecule has 37 heavy (non-hydrogen) atoms. The maximum absolute atomic E-state index is 6.22. The van der Waals surface area contributed by atoms with E-state index in [1.165, 1.54) is 21.9 Å². The lowest BCUT2D eigenvalue weighted by atomic mass is 9.82. The topological polar surface area (TPSA) is 39.2 Å². The standard InChI is InChI=1S/C34H33NO2/c1-20(2)15-23-11-12-26(27-13-14-36-32(23)27)28-19-30(35-31-16-21(3)37-33(28)31)24-17-22-9-7-8-10-25(22)29(18-24)34(4,5)6/h7-14,16-20H,15H2,1-6H3. The molecule has 6 aromatic rings. The molecule has 3 aromatic carbocycles. The van der Waals surface area contributed by atoms with E-state index in [0.717, 1.165) is 56.6 Å². The molecule has 3 aromatic heterocycles. The normalized spacial score (nSPS) is 12.4. The number of aryl methyl sites for hydroxylation is 1. The second-order valence-corrected chi connectivity index (χ2v) is 11.7. The zero-order chi connectivity index (χ0) is 25.9. The molecule has 0 radical (unpaired) electrons. The maximum atomic E-state index is 6.22. The Bertz CT molecular complexity index is 1780. The van der Waals surface area contributed by atoms with Crippen molar-refractivity contribution in [3.05, 3.63) is 89.9 Å². The first-order chi connectivity index (χ1) is 17.7. The first kappa shape index (κ1) is 23.5. The zero-order valence-electron chi connectivity index (χ0n) is 22.5. The van der Waals surface area contributed by atoms with Crippen LogP contribution in [0.4, 0.5) is 0 Å². The van der Waals surface area contributed by atoms with Crippen LogP contribution in [0.25, 0.3) is 55.2 Å². The van der Waals surface area contributed by atoms with Crippen molar-refractivity contribution in [2.75, 3.05) is 0 Å². The summed E-state index contributed by atoms with van der Waals surface area (Å²) < 4.78 is 12.2. The van der Waals surface area contributed by atoms with E-state index in [2.05, 4.69) is 95.3 Å². The summed E-state index contributed by atoms with van der Waals surface area (Å²) in [5.41, 5.74) is 9.43. The van der Waals surface area contributed by atoms with Crippen molar-refractivity contribution < 1.29 is 8.83 Å². The van der Waals surface area contributed by atoms with Crippen LogP contribution < -0.4 is 0 Å². The molecule has 0 fully saturated rings. The number of rotatable bonds is 4. The van der Waals surface area contributed by atoms with Crippen LogP contribution in [-0.4, -0.2) is 4.98 Å². The van der Waals surface area contributed by atoms with Gasteiger partial charge in [0.05, 0.1) is 12.0 Å². The van der Waals surface area contributed by atoms with Crippen LogP contribution in [0.5, 0.6) is 0 Å². The van der Waals surface area contributed by atoms with Crippen molar-refractivity contribution in [2.24, 2.45) is 5.92 Å². The van der Waals surface area contributed by atoms with E-state index in [-0.39, 0.29) is 5.41 Å². The van der Waals surface area contributed by atoms with E-state index in [4.69, 9.17) is 13.8 Å². The third kappa shape index (κ3) is 4.13. The number of benzene rings is 3. The Hall–Kier alpha value is -3.85. The monoisotopic (exact) mass is 487 g/mol. The Balaban J connectivity index is 1.62. The molecule has 3 heteroatoms. The molecule has 0 aliphatic heterocycles. The number of nitrogens with zero attached hydrogens (tertiary/aromatic N) is 1. The van der Waals surface area contributed by atoms with Crippen LogP contribution in [-0.2, 0) is 11.8 Å². The van der Waals surface area contributed by atoms with Gasteiger partial charge in [-0.2, -0.15) is 0 Å². The van der Waals surface area contributed by atoms with Crippen molar-refractivity contribution in [3.8, 4) is 22.4 Å². The fraction of sp³-hybridized carbons (Fsp3) is 0.265. The summed E-state index contributed by atoms with van der Waals surface area (Å²) >= 11 is 0. The van der Waals surface area contributed by atoms with Crippen LogP contribution in [0.2, 0.25) is 0 Å². The van der Waals surface area contributed by atoms with Crippen LogP contribution in [0.15, 0.2) is 81.8 Å². The molecule has 6 rings (SSSR count). The molecule has 0 N–H and O–H groups in total. The van der Waals surface area contributed by atoms with Crippen LogP contribution in [0.1, 0.15) is 51.5 Å². The minimum absolute atomic E-state index is 0.00394. The van der Waals surface area contributed by atoms with Crippen molar-refractivity contribution in [2.45, 2.75) is 53.4 Å².